The molecule has 1 aromatic heterocycles. The Morgan fingerprint density at radius 1 is 1.23 bits per heavy atom. The average Bonchev–Trinajstić information content (AvgIpc) is 3.36. The van der Waals surface area contributed by atoms with Crippen molar-refractivity contribution in [2.75, 3.05) is 26.8 Å². The summed E-state index contributed by atoms with van der Waals surface area (Å²) in [5, 5.41) is 4.24. The summed E-state index contributed by atoms with van der Waals surface area (Å²) in [5.41, 5.74) is 1.14. The lowest BCUT2D eigenvalue weighted by Gasteiger charge is -2.40. The first kappa shape index (κ1) is 21.8. The number of aryl methyl sites for hydroxylation is 2. The predicted octanol–water partition coefficient (Wildman–Crippen LogP) is 0.516. The number of aromatic nitrogens is 2. The largest absolute Gasteiger partial charge is 0.467 e. The minimum atomic E-state index is -0.741. The summed E-state index contributed by atoms with van der Waals surface area (Å²) in [6, 6.07) is 0.345. The van der Waals surface area contributed by atoms with Crippen LogP contribution in [0.25, 0.3) is 0 Å². The van der Waals surface area contributed by atoms with E-state index >= 15 is 0 Å². The minimum Gasteiger partial charge on any atom is -0.467 e. The topological polar surface area (TPSA) is 94.0 Å². The molecule has 0 N–H and O–H groups in total. The van der Waals surface area contributed by atoms with Crippen LogP contribution in [-0.2, 0) is 26.1 Å². The molecule has 3 heterocycles. The first-order chi connectivity index (χ1) is 14.4. The van der Waals surface area contributed by atoms with Crippen LogP contribution in [0, 0.1) is 19.3 Å². The van der Waals surface area contributed by atoms with Gasteiger partial charge in [0.15, 0.2) is 0 Å². The van der Waals surface area contributed by atoms with Crippen molar-refractivity contribution in [2.24, 2.45) is 7.05 Å². The van der Waals surface area contributed by atoms with Gasteiger partial charge in [0.25, 0.3) is 5.91 Å². The Balaban J connectivity index is 1.86. The SMILES string of the molecule is C#CCOC1CCN(C(=O)c2cc(C)nn2C)C(C(=O)N2CCCC2C(=O)OC)C1. The minimum absolute atomic E-state index is 0.148. The van der Waals surface area contributed by atoms with Gasteiger partial charge in [-0.05, 0) is 32.3 Å². The van der Waals surface area contributed by atoms with Crippen LogP contribution in [0.3, 0.4) is 0 Å². The maximum absolute atomic E-state index is 13.5. The Bertz CT molecular complexity index is 858. The van der Waals surface area contributed by atoms with E-state index in [1.54, 1.807) is 18.0 Å². The normalized spacial score (nSPS) is 23.9. The van der Waals surface area contributed by atoms with Crippen LogP contribution in [0.15, 0.2) is 6.07 Å². The van der Waals surface area contributed by atoms with Crippen molar-refractivity contribution in [3.8, 4) is 12.3 Å². The highest BCUT2D eigenvalue weighted by molar-refractivity contribution is 5.97. The summed E-state index contributed by atoms with van der Waals surface area (Å²) < 4.78 is 12.1. The first-order valence-corrected chi connectivity index (χ1v) is 10.1. The molecule has 2 aliphatic heterocycles. The van der Waals surface area contributed by atoms with Gasteiger partial charge in [-0.1, -0.05) is 5.92 Å². The molecule has 2 fully saturated rings. The number of amides is 2. The zero-order valence-corrected chi connectivity index (χ0v) is 17.7. The van der Waals surface area contributed by atoms with Crippen LogP contribution in [0.1, 0.15) is 41.9 Å². The van der Waals surface area contributed by atoms with Gasteiger partial charge in [0.1, 0.15) is 24.4 Å². The molecule has 2 saturated heterocycles. The summed E-state index contributed by atoms with van der Waals surface area (Å²) in [4.78, 5) is 42.0. The molecule has 0 spiro atoms. The summed E-state index contributed by atoms with van der Waals surface area (Å²) in [7, 11) is 3.02. The fourth-order valence-electron chi connectivity index (χ4n) is 4.29. The van der Waals surface area contributed by atoms with Crippen LogP contribution >= 0.6 is 0 Å². The van der Waals surface area contributed by atoms with Crippen LogP contribution < -0.4 is 0 Å². The number of esters is 1. The highest BCUT2D eigenvalue weighted by atomic mass is 16.5. The second-order valence-electron chi connectivity index (χ2n) is 7.68. The van der Waals surface area contributed by atoms with E-state index in [4.69, 9.17) is 15.9 Å². The Hall–Kier alpha value is -2.86. The summed E-state index contributed by atoms with van der Waals surface area (Å²) in [6.07, 6.45) is 7.24. The molecule has 0 aromatic carbocycles. The number of hydrogen-bond acceptors (Lipinski definition) is 6. The van der Waals surface area contributed by atoms with Gasteiger partial charge < -0.3 is 19.3 Å². The number of likely N-dealkylation sites (tertiary alicyclic amines) is 2. The highest BCUT2D eigenvalue weighted by Crippen LogP contribution is 2.27. The van der Waals surface area contributed by atoms with Gasteiger partial charge in [0.2, 0.25) is 5.91 Å². The van der Waals surface area contributed by atoms with E-state index in [9.17, 15) is 14.4 Å². The Morgan fingerprint density at radius 3 is 2.63 bits per heavy atom. The van der Waals surface area contributed by atoms with E-state index in [-0.39, 0.29) is 24.5 Å². The van der Waals surface area contributed by atoms with Crippen molar-refractivity contribution >= 4 is 17.8 Å². The van der Waals surface area contributed by atoms with Crippen molar-refractivity contribution < 1.29 is 23.9 Å². The third-order valence-corrected chi connectivity index (χ3v) is 5.73. The first-order valence-electron chi connectivity index (χ1n) is 10.1. The molecule has 0 radical (unpaired) electrons. The maximum Gasteiger partial charge on any atom is 0.328 e. The predicted molar refractivity (Wildman–Crippen MR) is 107 cm³/mol. The number of piperidine rings is 1. The zero-order chi connectivity index (χ0) is 21.8. The quantitative estimate of drug-likeness (QED) is 0.513. The molecule has 0 saturated carbocycles. The molecule has 0 bridgehead atoms. The number of ether oxygens (including phenoxy) is 2. The van der Waals surface area contributed by atoms with Crippen molar-refractivity contribution in [2.45, 2.75) is 50.8 Å². The van der Waals surface area contributed by atoms with Gasteiger partial charge in [-0.25, -0.2) is 4.79 Å². The number of carbonyl (C=O) groups is 3. The van der Waals surface area contributed by atoms with Crippen LogP contribution in [0.4, 0.5) is 0 Å². The van der Waals surface area contributed by atoms with Crippen LogP contribution in [0.5, 0.6) is 0 Å². The molecular weight excluding hydrogens is 388 g/mol. The summed E-state index contributed by atoms with van der Waals surface area (Å²) >= 11 is 0. The van der Waals surface area contributed by atoms with E-state index < -0.39 is 18.1 Å². The molecule has 1 aromatic rings. The number of terminal acetylenes is 1. The van der Waals surface area contributed by atoms with Crippen LogP contribution in [0.2, 0.25) is 0 Å². The third kappa shape index (κ3) is 4.33. The van der Waals surface area contributed by atoms with E-state index in [0.29, 0.717) is 44.5 Å². The van der Waals surface area contributed by atoms with Crippen molar-refractivity contribution in [3.63, 3.8) is 0 Å². The molecule has 0 aliphatic carbocycles. The molecule has 9 nitrogen and oxygen atoms in total. The van der Waals surface area contributed by atoms with Gasteiger partial charge in [-0.3, -0.25) is 14.3 Å². The standard InChI is InChI=1S/C21H28N4O5/c1-5-11-30-15-8-10-25(19(26)17-12-14(2)22-23(17)3)18(13-15)20(27)24-9-6-7-16(24)21(28)29-4/h1,12,15-16,18H,6-11,13H2,2-4H3. The van der Waals surface area contributed by atoms with Crippen molar-refractivity contribution in [1.29, 1.82) is 0 Å². The lowest BCUT2D eigenvalue weighted by Crippen LogP contribution is -2.57. The molecule has 3 rings (SSSR count). The average molecular weight is 416 g/mol. The smallest absolute Gasteiger partial charge is 0.328 e. The molecule has 3 atom stereocenters. The van der Waals surface area contributed by atoms with E-state index in [0.717, 1.165) is 5.69 Å². The second-order valence-corrected chi connectivity index (χ2v) is 7.68. The molecule has 30 heavy (non-hydrogen) atoms. The molecule has 162 valence electrons. The van der Waals surface area contributed by atoms with Gasteiger partial charge in [0.05, 0.1) is 18.9 Å². The Kier molecular flexibility index (Phi) is 6.77. The Morgan fingerprint density at radius 2 is 2.00 bits per heavy atom. The summed E-state index contributed by atoms with van der Waals surface area (Å²) in [6.45, 7) is 2.77. The molecule has 3 unspecified atom stereocenters. The molecule has 9 heteroatoms. The fraction of sp³-hybridized carbons (Fsp3) is 0.619. The second kappa shape index (κ2) is 9.30. The molecular formula is C21H28N4O5. The lowest BCUT2D eigenvalue weighted by atomic mass is 9.97. The Labute approximate surface area is 176 Å². The summed E-state index contributed by atoms with van der Waals surface area (Å²) in [5.74, 6) is 1.49. The van der Waals surface area contributed by atoms with Gasteiger partial charge in [-0.2, -0.15) is 5.10 Å². The fourth-order valence-corrected chi connectivity index (χ4v) is 4.29. The van der Waals surface area contributed by atoms with Gasteiger partial charge in [-0.15, -0.1) is 6.42 Å². The number of nitrogens with zero attached hydrogens (tertiary/aromatic N) is 4. The highest BCUT2D eigenvalue weighted by Gasteiger charge is 2.44. The maximum atomic E-state index is 13.5. The van der Waals surface area contributed by atoms with Gasteiger partial charge >= 0.3 is 5.97 Å². The third-order valence-electron chi connectivity index (χ3n) is 5.73. The number of rotatable bonds is 5. The van der Waals surface area contributed by atoms with E-state index in [1.807, 2.05) is 6.92 Å². The van der Waals surface area contributed by atoms with Crippen molar-refractivity contribution in [3.05, 3.63) is 17.5 Å². The van der Waals surface area contributed by atoms with E-state index in [1.165, 1.54) is 16.7 Å². The van der Waals surface area contributed by atoms with Crippen LogP contribution in [-0.4, -0.2) is 82.4 Å². The van der Waals surface area contributed by atoms with E-state index in [2.05, 4.69) is 11.0 Å². The zero-order valence-electron chi connectivity index (χ0n) is 17.7. The van der Waals surface area contributed by atoms with Crippen molar-refractivity contribution in [1.82, 2.24) is 19.6 Å². The van der Waals surface area contributed by atoms with Gasteiger partial charge in [0, 0.05) is 26.6 Å². The number of carbonyl (C=O) groups excluding carboxylic acids is 3. The monoisotopic (exact) mass is 416 g/mol. The lowest BCUT2D eigenvalue weighted by molar-refractivity contribution is -0.153. The molecule has 2 amide bonds. The number of methoxy groups -OCH3 is 1. The number of hydrogen-bond donors (Lipinski definition) is 0. The molecule has 2 aliphatic rings.